The Morgan fingerprint density at radius 3 is 2.83 bits per heavy atom. The third-order valence-corrected chi connectivity index (χ3v) is 3.40. The number of carbonyl (C=O) groups is 1. The van der Waals surface area contributed by atoms with Crippen molar-refractivity contribution < 1.29 is 14.6 Å². The number of hydrogen-bond donors (Lipinski definition) is 2. The van der Waals surface area contributed by atoms with E-state index in [1.54, 1.807) is 18.2 Å². The zero-order valence-corrected chi connectivity index (χ0v) is 10.9. The number of nitrogens with zero attached hydrogens (tertiary/aromatic N) is 1. The lowest BCUT2D eigenvalue weighted by atomic mass is 10.2. The molecule has 3 N–H and O–H groups in total. The minimum atomic E-state index is -1.16. The molecule has 94 valence electrons. The predicted octanol–water partition coefficient (Wildman–Crippen LogP) is 2.75. The number of ether oxygens (including phenoxy) is 1. The largest absolute Gasteiger partial charge is 0.496 e. The van der Waals surface area contributed by atoms with E-state index in [1.807, 2.05) is 0 Å². The lowest BCUT2D eigenvalue weighted by Crippen LogP contribution is -2.00. The standard InChI is InChI=1S/C11H9ClN2O3S/c1-17-7-3-2-5(12)4-6(7)10-14-8(11(15)16)9(13)18-10/h2-4H,13H2,1H3,(H,15,16). The number of hydrogen-bond acceptors (Lipinski definition) is 5. The van der Waals surface area contributed by atoms with Gasteiger partial charge in [0.1, 0.15) is 15.8 Å². The molecule has 0 radical (unpaired) electrons. The van der Waals surface area contributed by atoms with Crippen LogP contribution in [0.3, 0.4) is 0 Å². The highest BCUT2D eigenvalue weighted by molar-refractivity contribution is 7.19. The number of halogens is 1. The molecule has 0 aliphatic heterocycles. The van der Waals surface area contributed by atoms with Gasteiger partial charge in [0.15, 0.2) is 5.69 Å². The summed E-state index contributed by atoms with van der Waals surface area (Å²) in [6, 6.07) is 5.03. The Labute approximate surface area is 112 Å². The van der Waals surface area contributed by atoms with Crippen molar-refractivity contribution in [2.75, 3.05) is 12.8 Å². The van der Waals surface area contributed by atoms with Gasteiger partial charge in [-0.25, -0.2) is 9.78 Å². The van der Waals surface area contributed by atoms with Crippen molar-refractivity contribution in [1.29, 1.82) is 0 Å². The summed E-state index contributed by atoms with van der Waals surface area (Å²) in [6.07, 6.45) is 0. The van der Waals surface area contributed by atoms with E-state index in [4.69, 9.17) is 27.2 Å². The predicted molar refractivity (Wildman–Crippen MR) is 70.5 cm³/mol. The number of aromatic nitrogens is 1. The number of methoxy groups -OCH3 is 1. The molecular weight excluding hydrogens is 276 g/mol. The molecule has 1 aromatic heterocycles. The molecule has 0 unspecified atom stereocenters. The van der Waals surface area contributed by atoms with Crippen LogP contribution in [-0.2, 0) is 0 Å². The number of thiazole rings is 1. The molecule has 1 aromatic carbocycles. The van der Waals surface area contributed by atoms with Gasteiger partial charge in [-0.05, 0) is 18.2 Å². The van der Waals surface area contributed by atoms with Crippen molar-refractivity contribution in [2.45, 2.75) is 0 Å². The van der Waals surface area contributed by atoms with Gasteiger partial charge in [0.25, 0.3) is 0 Å². The summed E-state index contributed by atoms with van der Waals surface area (Å²) in [7, 11) is 1.52. The zero-order valence-electron chi connectivity index (χ0n) is 9.31. The van der Waals surface area contributed by atoms with E-state index in [0.29, 0.717) is 21.3 Å². The fourth-order valence-corrected chi connectivity index (χ4v) is 2.46. The van der Waals surface area contributed by atoms with Crippen molar-refractivity contribution >= 4 is 33.9 Å². The van der Waals surface area contributed by atoms with Gasteiger partial charge in [0.05, 0.1) is 12.7 Å². The quantitative estimate of drug-likeness (QED) is 0.905. The Morgan fingerprint density at radius 1 is 1.56 bits per heavy atom. The van der Waals surface area contributed by atoms with Crippen LogP contribution >= 0.6 is 22.9 Å². The van der Waals surface area contributed by atoms with Gasteiger partial charge in [0.2, 0.25) is 0 Å². The molecule has 5 nitrogen and oxygen atoms in total. The Kier molecular flexibility index (Phi) is 3.40. The second-order valence-corrected chi connectivity index (χ2v) is 4.85. The molecule has 2 rings (SSSR count). The molecule has 0 aliphatic rings. The van der Waals surface area contributed by atoms with E-state index in [9.17, 15) is 4.79 Å². The average Bonchev–Trinajstić information content (AvgIpc) is 2.71. The Hall–Kier alpha value is -1.79. The first-order valence-electron chi connectivity index (χ1n) is 4.86. The van der Waals surface area contributed by atoms with Crippen LogP contribution in [0.1, 0.15) is 10.5 Å². The number of benzene rings is 1. The highest BCUT2D eigenvalue weighted by Crippen LogP contribution is 2.37. The third kappa shape index (κ3) is 2.25. The van der Waals surface area contributed by atoms with Crippen molar-refractivity contribution in [3.63, 3.8) is 0 Å². The fraction of sp³-hybridized carbons (Fsp3) is 0.0909. The van der Waals surface area contributed by atoms with Crippen LogP contribution in [0.5, 0.6) is 5.75 Å². The highest BCUT2D eigenvalue weighted by Gasteiger charge is 2.18. The smallest absolute Gasteiger partial charge is 0.357 e. The van der Waals surface area contributed by atoms with Crippen LogP contribution in [-0.4, -0.2) is 23.2 Å². The van der Waals surface area contributed by atoms with E-state index < -0.39 is 5.97 Å². The second-order valence-electron chi connectivity index (χ2n) is 3.38. The molecule has 0 bridgehead atoms. The molecule has 0 amide bonds. The molecule has 0 aliphatic carbocycles. The molecule has 0 saturated carbocycles. The van der Waals surface area contributed by atoms with E-state index in [1.165, 1.54) is 7.11 Å². The summed E-state index contributed by atoms with van der Waals surface area (Å²) >= 11 is 6.99. The summed E-state index contributed by atoms with van der Waals surface area (Å²) in [5, 5.41) is 10.0. The number of anilines is 1. The number of aromatic carboxylic acids is 1. The van der Waals surface area contributed by atoms with Gasteiger partial charge >= 0.3 is 5.97 Å². The van der Waals surface area contributed by atoms with E-state index in [2.05, 4.69) is 4.98 Å². The molecule has 2 aromatic rings. The van der Waals surface area contributed by atoms with Crippen molar-refractivity contribution in [3.05, 3.63) is 28.9 Å². The first-order chi connectivity index (χ1) is 8.52. The normalized spacial score (nSPS) is 10.3. The Morgan fingerprint density at radius 2 is 2.28 bits per heavy atom. The maximum Gasteiger partial charge on any atom is 0.357 e. The molecule has 0 atom stereocenters. The number of nitrogens with two attached hydrogens (primary N) is 1. The van der Waals surface area contributed by atoms with Crippen LogP contribution in [0.4, 0.5) is 5.00 Å². The van der Waals surface area contributed by atoms with Crippen LogP contribution in [0.15, 0.2) is 18.2 Å². The molecule has 1 heterocycles. The van der Waals surface area contributed by atoms with Gasteiger partial charge in [-0.1, -0.05) is 22.9 Å². The van der Waals surface area contributed by atoms with Crippen molar-refractivity contribution in [1.82, 2.24) is 4.98 Å². The van der Waals surface area contributed by atoms with Gasteiger partial charge < -0.3 is 15.6 Å². The van der Waals surface area contributed by atoms with Gasteiger partial charge in [-0.3, -0.25) is 0 Å². The molecule has 0 spiro atoms. The third-order valence-electron chi connectivity index (χ3n) is 2.25. The number of carboxylic acids is 1. The second kappa shape index (κ2) is 4.83. The topological polar surface area (TPSA) is 85.4 Å². The summed E-state index contributed by atoms with van der Waals surface area (Å²) in [4.78, 5) is 14.9. The summed E-state index contributed by atoms with van der Waals surface area (Å²) in [5.74, 6) is -0.596. The molecule has 0 saturated heterocycles. The lowest BCUT2D eigenvalue weighted by Gasteiger charge is -2.05. The van der Waals surface area contributed by atoms with E-state index in [0.717, 1.165) is 11.3 Å². The Balaban J connectivity index is 2.58. The first-order valence-corrected chi connectivity index (χ1v) is 6.06. The average molecular weight is 285 g/mol. The highest BCUT2D eigenvalue weighted by atomic mass is 35.5. The van der Waals surface area contributed by atoms with Gasteiger partial charge in [0, 0.05) is 5.02 Å². The summed E-state index contributed by atoms with van der Waals surface area (Å²) < 4.78 is 5.18. The van der Waals surface area contributed by atoms with Crippen LogP contribution in [0, 0.1) is 0 Å². The molecular formula is C11H9ClN2O3S. The van der Waals surface area contributed by atoms with Crippen LogP contribution in [0.25, 0.3) is 10.6 Å². The SMILES string of the molecule is COc1ccc(Cl)cc1-c1nc(C(=O)O)c(N)s1. The molecule has 18 heavy (non-hydrogen) atoms. The number of rotatable bonds is 3. The van der Waals surface area contributed by atoms with Gasteiger partial charge in [-0.2, -0.15) is 0 Å². The van der Waals surface area contributed by atoms with E-state index >= 15 is 0 Å². The first kappa shape index (κ1) is 12.7. The minimum absolute atomic E-state index is 0.152. The maximum absolute atomic E-state index is 10.9. The van der Waals surface area contributed by atoms with E-state index in [-0.39, 0.29) is 10.7 Å². The summed E-state index contributed by atoms with van der Waals surface area (Å²) in [5.41, 5.74) is 6.07. The zero-order chi connectivity index (χ0) is 13.3. The fourth-order valence-electron chi connectivity index (χ4n) is 1.45. The molecule has 7 heteroatoms. The van der Waals surface area contributed by atoms with Crippen LogP contribution in [0.2, 0.25) is 5.02 Å². The van der Waals surface area contributed by atoms with Crippen LogP contribution < -0.4 is 10.5 Å². The van der Waals surface area contributed by atoms with Crippen molar-refractivity contribution in [3.8, 4) is 16.3 Å². The number of carboxylic acid groups (broad SMARTS) is 1. The summed E-state index contributed by atoms with van der Waals surface area (Å²) in [6.45, 7) is 0. The monoisotopic (exact) mass is 284 g/mol. The van der Waals surface area contributed by atoms with Gasteiger partial charge in [-0.15, -0.1) is 0 Å². The Bertz CT molecular complexity index is 612. The van der Waals surface area contributed by atoms with Crippen molar-refractivity contribution in [2.24, 2.45) is 0 Å². The molecule has 0 fully saturated rings. The lowest BCUT2D eigenvalue weighted by molar-refractivity contribution is 0.0692. The minimum Gasteiger partial charge on any atom is -0.496 e. The number of nitrogen functional groups attached to an aromatic ring is 1. The maximum atomic E-state index is 10.9.